The number of methoxy groups -OCH3 is 1. The number of hydrogen-bond acceptors (Lipinski definition) is 2. The number of aromatic carboxylic acids is 1. The number of halogens is 2. The van der Waals surface area contributed by atoms with Gasteiger partial charge >= 0.3 is 5.97 Å². The van der Waals surface area contributed by atoms with Gasteiger partial charge in [0.15, 0.2) is 0 Å². The van der Waals surface area contributed by atoms with Crippen molar-refractivity contribution in [1.82, 2.24) is 0 Å². The molecule has 13 heavy (non-hydrogen) atoms. The standard InChI is InChI=1S/C8H6BrClO3/c1-13-5-3-2-4(9)7(10)6(5)8(11)12/h2-3H,1H3,(H,11,12). The maximum Gasteiger partial charge on any atom is 0.341 e. The summed E-state index contributed by atoms with van der Waals surface area (Å²) < 4.78 is 5.39. The zero-order chi connectivity index (χ0) is 10.0. The Hall–Kier alpha value is -0.740. The summed E-state index contributed by atoms with van der Waals surface area (Å²) in [4.78, 5) is 10.8. The number of hydrogen-bond donors (Lipinski definition) is 1. The molecule has 0 aliphatic heterocycles. The van der Waals surface area contributed by atoms with Crippen molar-refractivity contribution >= 4 is 33.5 Å². The molecule has 0 atom stereocenters. The van der Waals surface area contributed by atoms with E-state index < -0.39 is 5.97 Å². The van der Waals surface area contributed by atoms with Gasteiger partial charge in [-0.3, -0.25) is 0 Å². The molecule has 0 saturated carbocycles. The Morgan fingerprint density at radius 2 is 2.23 bits per heavy atom. The van der Waals surface area contributed by atoms with Crippen LogP contribution in [-0.2, 0) is 0 Å². The molecule has 0 fully saturated rings. The van der Waals surface area contributed by atoms with Crippen molar-refractivity contribution in [3.8, 4) is 5.75 Å². The first kappa shape index (κ1) is 10.3. The lowest BCUT2D eigenvalue weighted by atomic mass is 10.2. The SMILES string of the molecule is COc1ccc(Br)c(Cl)c1C(=O)O. The normalized spacial score (nSPS) is 9.77. The van der Waals surface area contributed by atoms with E-state index in [1.165, 1.54) is 7.11 Å². The first-order valence-corrected chi connectivity index (χ1v) is 4.50. The van der Waals surface area contributed by atoms with Crippen LogP contribution in [0.25, 0.3) is 0 Å². The summed E-state index contributed by atoms with van der Waals surface area (Å²) in [5, 5.41) is 8.96. The molecule has 70 valence electrons. The van der Waals surface area contributed by atoms with Gasteiger partial charge in [0, 0.05) is 4.47 Å². The second-order valence-corrected chi connectivity index (χ2v) is 3.48. The highest BCUT2D eigenvalue weighted by atomic mass is 79.9. The van der Waals surface area contributed by atoms with Gasteiger partial charge in [0.25, 0.3) is 0 Å². The van der Waals surface area contributed by atoms with Gasteiger partial charge in [0.2, 0.25) is 0 Å². The maximum atomic E-state index is 10.8. The van der Waals surface area contributed by atoms with E-state index in [1.807, 2.05) is 0 Å². The lowest BCUT2D eigenvalue weighted by Crippen LogP contribution is -2.01. The maximum absolute atomic E-state index is 10.8. The summed E-state index contributed by atoms with van der Waals surface area (Å²) in [5.41, 5.74) is -0.0291. The highest BCUT2D eigenvalue weighted by Crippen LogP contribution is 2.32. The Balaban J connectivity index is 3.41. The van der Waals surface area contributed by atoms with Crippen molar-refractivity contribution in [2.75, 3.05) is 7.11 Å². The summed E-state index contributed by atoms with van der Waals surface area (Å²) in [6.07, 6.45) is 0. The Morgan fingerprint density at radius 3 is 2.69 bits per heavy atom. The predicted molar refractivity (Wildman–Crippen MR) is 52.7 cm³/mol. The lowest BCUT2D eigenvalue weighted by Gasteiger charge is -2.07. The molecule has 1 N–H and O–H groups in total. The average molecular weight is 265 g/mol. The van der Waals surface area contributed by atoms with Crippen LogP contribution < -0.4 is 4.74 Å². The summed E-state index contributed by atoms with van der Waals surface area (Å²) in [6, 6.07) is 3.17. The Kier molecular flexibility index (Phi) is 3.17. The second kappa shape index (κ2) is 3.98. The summed E-state index contributed by atoms with van der Waals surface area (Å²) in [6.45, 7) is 0. The van der Waals surface area contributed by atoms with Gasteiger partial charge in [-0.15, -0.1) is 0 Å². The van der Waals surface area contributed by atoms with E-state index in [4.69, 9.17) is 21.4 Å². The smallest absolute Gasteiger partial charge is 0.341 e. The molecule has 1 aromatic carbocycles. The van der Waals surface area contributed by atoms with Crippen LogP contribution in [0.1, 0.15) is 10.4 Å². The number of benzene rings is 1. The van der Waals surface area contributed by atoms with Crippen LogP contribution in [0.2, 0.25) is 5.02 Å². The van der Waals surface area contributed by atoms with Gasteiger partial charge < -0.3 is 9.84 Å². The fourth-order valence-corrected chi connectivity index (χ4v) is 1.47. The van der Waals surface area contributed by atoms with E-state index in [2.05, 4.69) is 15.9 Å². The van der Waals surface area contributed by atoms with Crippen molar-refractivity contribution in [3.05, 3.63) is 27.2 Å². The molecule has 0 radical (unpaired) electrons. The molecular weight excluding hydrogens is 259 g/mol. The summed E-state index contributed by atoms with van der Waals surface area (Å²) in [5.74, 6) is -0.858. The monoisotopic (exact) mass is 264 g/mol. The highest BCUT2D eigenvalue weighted by molar-refractivity contribution is 9.10. The van der Waals surface area contributed by atoms with Crippen LogP contribution in [-0.4, -0.2) is 18.2 Å². The third-order valence-electron chi connectivity index (χ3n) is 1.49. The molecular formula is C8H6BrClO3. The molecule has 0 saturated heterocycles. The Labute approximate surface area is 88.4 Å². The van der Waals surface area contributed by atoms with Crippen LogP contribution in [0, 0.1) is 0 Å². The van der Waals surface area contributed by atoms with E-state index in [0.717, 1.165) is 0 Å². The topological polar surface area (TPSA) is 46.5 Å². The van der Waals surface area contributed by atoms with Gasteiger partial charge in [-0.05, 0) is 28.1 Å². The number of rotatable bonds is 2. The van der Waals surface area contributed by atoms with Gasteiger partial charge in [0.1, 0.15) is 11.3 Å². The zero-order valence-electron chi connectivity index (χ0n) is 6.67. The van der Waals surface area contributed by atoms with Gasteiger partial charge in [-0.2, -0.15) is 0 Å². The lowest BCUT2D eigenvalue weighted by molar-refractivity contribution is 0.0693. The van der Waals surface area contributed by atoms with Crippen molar-refractivity contribution in [1.29, 1.82) is 0 Å². The van der Waals surface area contributed by atoms with E-state index in [1.54, 1.807) is 12.1 Å². The number of ether oxygens (including phenoxy) is 1. The molecule has 0 aliphatic carbocycles. The van der Waals surface area contributed by atoms with E-state index in [-0.39, 0.29) is 16.3 Å². The minimum absolute atomic E-state index is 0.0291. The second-order valence-electron chi connectivity index (χ2n) is 2.24. The zero-order valence-corrected chi connectivity index (χ0v) is 9.02. The van der Waals surface area contributed by atoms with E-state index >= 15 is 0 Å². The molecule has 0 bridgehead atoms. The van der Waals surface area contributed by atoms with Crippen molar-refractivity contribution < 1.29 is 14.6 Å². The van der Waals surface area contributed by atoms with Crippen LogP contribution in [0.4, 0.5) is 0 Å². The first-order chi connectivity index (χ1) is 6.07. The number of carboxylic acid groups (broad SMARTS) is 1. The molecule has 0 unspecified atom stereocenters. The largest absolute Gasteiger partial charge is 0.496 e. The van der Waals surface area contributed by atoms with Crippen molar-refractivity contribution in [2.24, 2.45) is 0 Å². The fourth-order valence-electron chi connectivity index (χ4n) is 0.902. The van der Waals surface area contributed by atoms with Gasteiger partial charge in [-0.25, -0.2) is 4.79 Å². The molecule has 1 aromatic rings. The molecule has 0 spiro atoms. The minimum Gasteiger partial charge on any atom is -0.496 e. The van der Waals surface area contributed by atoms with Crippen LogP contribution in [0.15, 0.2) is 16.6 Å². The predicted octanol–water partition coefficient (Wildman–Crippen LogP) is 2.81. The molecule has 1 rings (SSSR count). The molecule has 3 nitrogen and oxygen atoms in total. The summed E-state index contributed by atoms with van der Waals surface area (Å²) >= 11 is 8.89. The van der Waals surface area contributed by atoms with E-state index in [9.17, 15) is 4.79 Å². The van der Waals surface area contributed by atoms with E-state index in [0.29, 0.717) is 4.47 Å². The molecule has 0 amide bonds. The molecule has 0 aromatic heterocycles. The van der Waals surface area contributed by atoms with Gasteiger partial charge in [0.05, 0.1) is 12.1 Å². The number of carbonyl (C=O) groups is 1. The first-order valence-electron chi connectivity index (χ1n) is 3.33. The minimum atomic E-state index is -1.11. The highest BCUT2D eigenvalue weighted by Gasteiger charge is 2.17. The third kappa shape index (κ3) is 1.95. The quantitative estimate of drug-likeness (QED) is 0.894. The Bertz CT molecular complexity index is 351. The van der Waals surface area contributed by atoms with Crippen LogP contribution in [0.3, 0.4) is 0 Å². The van der Waals surface area contributed by atoms with Crippen LogP contribution in [0.5, 0.6) is 5.75 Å². The van der Waals surface area contributed by atoms with Gasteiger partial charge in [-0.1, -0.05) is 11.6 Å². The Morgan fingerprint density at radius 1 is 1.62 bits per heavy atom. The third-order valence-corrected chi connectivity index (χ3v) is 2.77. The average Bonchev–Trinajstić information content (AvgIpc) is 2.08. The fraction of sp³-hybridized carbons (Fsp3) is 0.125. The molecule has 5 heteroatoms. The van der Waals surface area contributed by atoms with Crippen molar-refractivity contribution in [3.63, 3.8) is 0 Å². The summed E-state index contributed by atoms with van der Waals surface area (Å²) in [7, 11) is 1.39. The number of carboxylic acids is 1. The molecule has 0 heterocycles. The van der Waals surface area contributed by atoms with Crippen LogP contribution >= 0.6 is 27.5 Å². The van der Waals surface area contributed by atoms with Crippen molar-refractivity contribution in [2.45, 2.75) is 0 Å². The molecule has 0 aliphatic rings.